The molecule has 0 radical (unpaired) electrons. The molecule has 3 rings (SSSR count). The van der Waals surface area contributed by atoms with Crippen LogP contribution in [0.1, 0.15) is 38.0 Å². The Bertz CT molecular complexity index is 647. The summed E-state index contributed by atoms with van der Waals surface area (Å²) in [5, 5.41) is 4.24. The van der Waals surface area contributed by atoms with Gasteiger partial charge in [0.05, 0.1) is 6.61 Å². The number of nitrogens with zero attached hydrogens (tertiary/aromatic N) is 2. The predicted octanol–water partition coefficient (Wildman–Crippen LogP) is 4.67. The van der Waals surface area contributed by atoms with Crippen molar-refractivity contribution in [2.24, 2.45) is 0 Å². The molecule has 25 heavy (non-hydrogen) atoms. The van der Waals surface area contributed by atoms with Crippen molar-refractivity contribution in [3.63, 3.8) is 0 Å². The molecule has 1 saturated heterocycles. The number of hydrogen-bond donors (Lipinski definition) is 1. The Kier molecular flexibility index (Phi) is 6.32. The van der Waals surface area contributed by atoms with Crippen LogP contribution in [0.25, 0.3) is 10.6 Å². The summed E-state index contributed by atoms with van der Waals surface area (Å²) in [6.07, 6.45) is 4.78. The van der Waals surface area contributed by atoms with Crippen LogP contribution in [-0.2, 0) is 6.42 Å². The van der Waals surface area contributed by atoms with Gasteiger partial charge in [-0.25, -0.2) is 4.98 Å². The first-order chi connectivity index (χ1) is 12.2. The molecule has 1 atom stereocenters. The van der Waals surface area contributed by atoms with E-state index in [1.54, 1.807) is 11.3 Å². The highest BCUT2D eigenvalue weighted by atomic mass is 32.1. The minimum atomic E-state index is 0.744. The molecule has 1 aliphatic heterocycles. The van der Waals surface area contributed by atoms with Crippen molar-refractivity contribution in [2.45, 2.75) is 45.6 Å². The van der Waals surface area contributed by atoms with Crippen molar-refractivity contribution >= 4 is 17.2 Å². The average Bonchev–Trinajstić information content (AvgIpc) is 3.25. The zero-order valence-electron chi connectivity index (χ0n) is 15.5. The third kappa shape index (κ3) is 4.53. The van der Waals surface area contributed by atoms with Gasteiger partial charge in [-0.3, -0.25) is 0 Å². The van der Waals surface area contributed by atoms with Crippen molar-refractivity contribution in [1.29, 1.82) is 0 Å². The first-order valence-corrected chi connectivity index (χ1v) is 10.2. The van der Waals surface area contributed by atoms with Crippen LogP contribution in [0.5, 0.6) is 5.75 Å². The Balaban J connectivity index is 1.51. The molecule has 1 aromatic carbocycles. The monoisotopic (exact) mass is 359 g/mol. The molecule has 5 heteroatoms. The lowest BCUT2D eigenvalue weighted by Gasteiger charge is -2.20. The van der Waals surface area contributed by atoms with Gasteiger partial charge in [-0.1, -0.05) is 6.92 Å². The standard InChI is InChI=1S/C20H29N3OS/c1-4-18-19(21-3)22-20(25-18)16-8-10-17(11-9-16)24-14-6-13-23-12-5-7-15(23)2/h8-11,15,21H,4-7,12-14H2,1-3H3. The summed E-state index contributed by atoms with van der Waals surface area (Å²) < 4.78 is 5.91. The van der Waals surface area contributed by atoms with E-state index in [9.17, 15) is 0 Å². The number of nitrogens with one attached hydrogen (secondary N) is 1. The van der Waals surface area contributed by atoms with Gasteiger partial charge in [0.25, 0.3) is 0 Å². The molecule has 4 nitrogen and oxygen atoms in total. The predicted molar refractivity (Wildman–Crippen MR) is 107 cm³/mol. The largest absolute Gasteiger partial charge is 0.494 e. The number of likely N-dealkylation sites (tertiary alicyclic amines) is 1. The minimum absolute atomic E-state index is 0.744. The molecule has 1 unspecified atom stereocenters. The Labute approximate surface area is 155 Å². The SMILES string of the molecule is CCc1sc(-c2ccc(OCCCN3CCCC3C)cc2)nc1NC. The van der Waals surface area contributed by atoms with Crippen LogP contribution in [0.4, 0.5) is 5.82 Å². The molecular formula is C20H29N3OS. The summed E-state index contributed by atoms with van der Waals surface area (Å²) >= 11 is 1.76. The number of aryl methyl sites for hydroxylation is 1. The molecule has 136 valence electrons. The molecule has 0 bridgehead atoms. The number of benzene rings is 1. The Morgan fingerprint density at radius 1 is 1.32 bits per heavy atom. The van der Waals surface area contributed by atoms with Gasteiger partial charge in [0.15, 0.2) is 0 Å². The molecule has 0 saturated carbocycles. The van der Waals surface area contributed by atoms with E-state index < -0.39 is 0 Å². The Morgan fingerprint density at radius 3 is 2.72 bits per heavy atom. The number of anilines is 1. The lowest BCUT2D eigenvalue weighted by Crippen LogP contribution is -2.28. The highest BCUT2D eigenvalue weighted by Gasteiger charge is 2.19. The molecule has 2 heterocycles. The van der Waals surface area contributed by atoms with Crippen LogP contribution in [0.2, 0.25) is 0 Å². The van der Waals surface area contributed by atoms with E-state index in [1.807, 2.05) is 7.05 Å². The smallest absolute Gasteiger partial charge is 0.140 e. The fourth-order valence-corrected chi connectivity index (χ4v) is 4.40. The van der Waals surface area contributed by atoms with Crippen LogP contribution in [0, 0.1) is 0 Å². The van der Waals surface area contributed by atoms with E-state index >= 15 is 0 Å². The van der Waals surface area contributed by atoms with Gasteiger partial charge >= 0.3 is 0 Å². The Morgan fingerprint density at radius 2 is 2.12 bits per heavy atom. The number of rotatable bonds is 8. The maximum atomic E-state index is 5.91. The molecule has 2 aromatic rings. The van der Waals surface area contributed by atoms with E-state index in [-0.39, 0.29) is 0 Å². The third-order valence-electron chi connectivity index (χ3n) is 4.91. The quantitative estimate of drug-likeness (QED) is 0.695. The fraction of sp³-hybridized carbons (Fsp3) is 0.550. The summed E-state index contributed by atoms with van der Waals surface area (Å²) in [5.74, 6) is 1.94. The molecule has 0 amide bonds. The molecule has 1 aromatic heterocycles. The molecule has 1 fully saturated rings. The second-order valence-corrected chi connectivity index (χ2v) is 7.73. The fourth-order valence-electron chi connectivity index (χ4n) is 3.39. The van der Waals surface area contributed by atoms with Gasteiger partial charge in [0.2, 0.25) is 0 Å². The van der Waals surface area contributed by atoms with Gasteiger partial charge in [0, 0.05) is 30.1 Å². The van der Waals surface area contributed by atoms with E-state index in [4.69, 9.17) is 4.74 Å². The highest BCUT2D eigenvalue weighted by Crippen LogP contribution is 2.32. The Hall–Kier alpha value is -1.59. The summed E-state index contributed by atoms with van der Waals surface area (Å²) in [4.78, 5) is 8.56. The molecular weight excluding hydrogens is 330 g/mol. The number of thiazole rings is 1. The van der Waals surface area contributed by atoms with Crippen LogP contribution in [-0.4, -0.2) is 42.7 Å². The first-order valence-electron chi connectivity index (χ1n) is 9.36. The van der Waals surface area contributed by atoms with Crippen molar-refractivity contribution in [1.82, 2.24) is 9.88 Å². The van der Waals surface area contributed by atoms with E-state index in [1.165, 1.54) is 24.3 Å². The molecule has 1 N–H and O–H groups in total. The minimum Gasteiger partial charge on any atom is -0.494 e. The zero-order valence-corrected chi connectivity index (χ0v) is 16.4. The van der Waals surface area contributed by atoms with Gasteiger partial charge in [0.1, 0.15) is 16.6 Å². The maximum absolute atomic E-state index is 5.91. The van der Waals surface area contributed by atoms with Gasteiger partial charge in [-0.2, -0.15) is 0 Å². The van der Waals surface area contributed by atoms with Gasteiger partial charge in [-0.15, -0.1) is 11.3 Å². The summed E-state index contributed by atoms with van der Waals surface area (Å²) in [6.45, 7) is 7.67. The van der Waals surface area contributed by atoms with Crippen molar-refractivity contribution in [3.05, 3.63) is 29.1 Å². The number of ether oxygens (including phenoxy) is 1. The van der Waals surface area contributed by atoms with Crippen LogP contribution >= 0.6 is 11.3 Å². The van der Waals surface area contributed by atoms with Crippen LogP contribution in [0.15, 0.2) is 24.3 Å². The van der Waals surface area contributed by atoms with Crippen LogP contribution < -0.4 is 10.1 Å². The summed E-state index contributed by atoms with van der Waals surface area (Å²) in [6, 6.07) is 9.07. The van der Waals surface area contributed by atoms with Gasteiger partial charge in [-0.05, 0) is 63.4 Å². The maximum Gasteiger partial charge on any atom is 0.140 e. The van der Waals surface area contributed by atoms with Gasteiger partial charge < -0.3 is 15.0 Å². The summed E-state index contributed by atoms with van der Waals surface area (Å²) in [5.41, 5.74) is 1.15. The molecule has 0 aliphatic carbocycles. The van der Waals surface area contributed by atoms with Crippen molar-refractivity contribution in [3.8, 4) is 16.3 Å². The van der Waals surface area contributed by atoms with E-state index in [0.29, 0.717) is 0 Å². The lowest BCUT2D eigenvalue weighted by atomic mass is 10.2. The van der Waals surface area contributed by atoms with Crippen molar-refractivity contribution < 1.29 is 4.74 Å². The third-order valence-corrected chi connectivity index (χ3v) is 6.15. The van der Waals surface area contributed by atoms with Crippen molar-refractivity contribution in [2.75, 3.05) is 32.1 Å². The van der Waals surface area contributed by atoms with Crippen LogP contribution in [0.3, 0.4) is 0 Å². The summed E-state index contributed by atoms with van der Waals surface area (Å²) in [7, 11) is 1.93. The first kappa shape index (κ1) is 18.2. The topological polar surface area (TPSA) is 37.4 Å². The average molecular weight is 360 g/mol. The number of hydrogen-bond acceptors (Lipinski definition) is 5. The second-order valence-electron chi connectivity index (χ2n) is 6.65. The second kappa shape index (κ2) is 8.68. The zero-order chi connectivity index (χ0) is 17.6. The number of aromatic nitrogens is 1. The van der Waals surface area contributed by atoms with E-state index in [0.717, 1.165) is 54.2 Å². The lowest BCUT2D eigenvalue weighted by molar-refractivity contribution is 0.230. The normalized spacial score (nSPS) is 17.8. The van der Waals surface area contributed by atoms with E-state index in [2.05, 4.69) is 53.3 Å². The highest BCUT2D eigenvalue weighted by molar-refractivity contribution is 7.15. The molecule has 0 spiro atoms. The molecule has 1 aliphatic rings.